The fourth-order valence-electron chi connectivity index (χ4n) is 2.29. The molecule has 7 nitrogen and oxygen atoms in total. The fourth-order valence-corrected chi connectivity index (χ4v) is 2.29. The smallest absolute Gasteiger partial charge is 0.309 e. The van der Waals surface area contributed by atoms with Crippen molar-refractivity contribution in [2.75, 3.05) is 39.3 Å². The summed E-state index contributed by atoms with van der Waals surface area (Å²) in [7, 11) is 0. The lowest BCUT2D eigenvalue weighted by molar-refractivity contribution is -0.149. The minimum Gasteiger partial charge on any atom is -0.466 e. The van der Waals surface area contributed by atoms with E-state index in [-0.39, 0.29) is 23.7 Å². The van der Waals surface area contributed by atoms with E-state index in [9.17, 15) is 14.4 Å². The van der Waals surface area contributed by atoms with Gasteiger partial charge >= 0.3 is 5.97 Å². The van der Waals surface area contributed by atoms with Gasteiger partial charge in [0.2, 0.25) is 11.8 Å². The molecule has 1 heterocycles. The Hall–Kier alpha value is -1.63. The zero-order valence-electron chi connectivity index (χ0n) is 12.8. The van der Waals surface area contributed by atoms with E-state index in [0.717, 1.165) is 25.9 Å². The molecule has 0 spiro atoms. The van der Waals surface area contributed by atoms with Gasteiger partial charge in [0.05, 0.1) is 19.1 Å². The predicted octanol–water partition coefficient (Wildman–Crippen LogP) is -0.486. The zero-order valence-corrected chi connectivity index (χ0v) is 12.8. The van der Waals surface area contributed by atoms with Crippen LogP contribution in [-0.2, 0) is 19.1 Å². The number of nitrogens with zero attached hydrogens (tertiary/aromatic N) is 1. The molecule has 0 unspecified atom stereocenters. The summed E-state index contributed by atoms with van der Waals surface area (Å²) in [6.45, 7) is 6.30. The fraction of sp³-hybridized carbons (Fsp3) is 0.786. The number of amides is 2. The summed E-state index contributed by atoms with van der Waals surface area (Å²) in [6, 6.07) is 0. The predicted molar refractivity (Wildman–Crippen MR) is 77.5 cm³/mol. The van der Waals surface area contributed by atoms with Gasteiger partial charge in [0.25, 0.3) is 0 Å². The highest BCUT2D eigenvalue weighted by Gasteiger charge is 2.26. The summed E-state index contributed by atoms with van der Waals surface area (Å²) in [5.74, 6) is -0.332. The van der Waals surface area contributed by atoms with Crippen LogP contribution in [0.2, 0.25) is 0 Å². The average Bonchev–Trinajstić information content (AvgIpc) is 2.44. The van der Waals surface area contributed by atoms with Gasteiger partial charge in [-0.25, -0.2) is 0 Å². The summed E-state index contributed by atoms with van der Waals surface area (Å²) in [4.78, 5) is 36.0. The first-order valence-electron chi connectivity index (χ1n) is 7.43. The topological polar surface area (TPSA) is 87.7 Å². The van der Waals surface area contributed by atoms with Gasteiger partial charge in [-0.2, -0.15) is 0 Å². The largest absolute Gasteiger partial charge is 0.466 e. The lowest BCUT2D eigenvalue weighted by Gasteiger charge is -2.30. The molecular weight excluding hydrogens is 274 g/mol. The first kappa shape index (κ1) is 17.4. The van der Waals surface area contributed by atoms with Crippen LogP contribution in [-0.4, -0.2) is 62.0 Å². The van der Waals surface area contributed by atoms with E-state index in [2.05, 4.69) is 10.6 Å². The van der Waals surface area contributed by atoms with Crippen molar-refractivity contribution in [3.8, 4) is 0 Å². The molecule has 1 aliphatic heterocycles. The second-order valence-electron chi connectivity index (χ2n) is 5.14. The molecule has 1 saturated heterocycles. The highest BCUT2D eigenvalue weighted by molar-refractivity contribution is 5.78. The minimum absolute atomic E-state index is 0.0379. The van der Waals surface area contributed by atoms with Crippen LogP contribution < -0.4 is 10.6 Å². The Balaban J connectivity index is 2.15. The number of hydrogen-bond acceptors (Lipinski definition) is 5. The highest BCUT2D eigenvalue weighted by Crippen LogP contribution is 2.18. The van der Waals surface area contributed by atoms with E-state index >= 15 is 0 Å². The van der Waals surface area contributed by atoms with E-state index in [0.29, 0.717) is 26.2 Å². The van der Waals surface area contributed by atoms with E-state index in [1.165, 1.54) is 6.92 Å². The Morgan fingerprint density at radius 1 is 1.14 bits per heavy atom. The second kappa shape index (κ2) is 9.33. The van der Waals surface area contributed by atoms with E-state index in [1.807, 2.05) is 4.90 Å². The number of likely N-dealkylation sites (tertiary alicyclic amines) is 1. The normalized spacial score (nSPS) is 16.3. The number of hydrogen-bond donors (Lipinski definition) is 2. The summed E-state index contributed by atoms with van der Waals surface area (Å²) in [5.41, 5.74) is 0. The molecule has 120 valence electrons. The molecule has 1 fully saturated rings. The molecule has 2 N–H and O–H groups in total. The summed E-state index contributed by atoms with van der Waals surface area (Å²) >= 11 is 0. The molecule has 0 bridgehead atoms. The van der Waals surface area contributed by atoms with Gasteiger partial charge in [-0.15, -0.1) is 0 Å². The Morgan fingerprint density at radius 2 is 1.76 bits per heavy atom. The maximum Gasteiger partial charge on any atom is 0.309 e. The lowest BCUT2D eigenvalue weighted by atomic mass is 9.97. The first-order valence-corrected chi connectivity index (χ1v) is 7.43. The third-order valence-corrected chi connectivity index (χ3v) is 3.40. The minimum atomic E-state index is -0.128. The van der Waals surface area contributed by atoms with Crippen molar-refractivity contribution in [1.82, 2.24) is 15.5 Å². The number of piperidine rings is 1. The number of rotatable bonds is 7. The van der Waals surface area contributed by atoms with Crippen LogP contribution in [0.25, 0.3) is 0 Å². The van der Waals surface area contributed by atoms with Gasteiger partial charge in [-0.05, 0) is 32.9 Å². The molecule has 0 aromatic heterocycles. The van der Waals surface area contributed by atoms with Crippen LogP contribution in [0, 0.1) is 5.92 Å². The molecule has 0 atom stereocenters. The van der Waals surface area contributed by atoms with Crippen LogP contribution in [0.5, 0.6) is 0 Å². The molecule has 0 aromatic carbocycles. The van der Waals surface area contributed by atoms with E-state index in [4.69, 9.17) is 4.74 Å². The molecule has 21 heavy (non-hydrogen) atoms. The summed E-state index contributed by atoms with van der Waals surface area (Å²) < 4.78 is 5.01. The van der Waals surface area contributed by atoms with Crippen molar-refractivity contribution >= 4 is 17.8 Å². The van der Waals surface area contributed by atoms with Crippen molar-refractivity contribution in [3.63, 3.8) is 0 Å². The Kier molecular flexibility index (Phi) is 7.74. The molecular formula is C14H25N3O4. The first-order chi connectivity index (χ1) is 10.0. The SMILES string of the molecule is CCOC(=O)C1CCN(CC(=O)NCCNC(C)=O)CC1. The van der Waals surface area contributed by atoms with E-state index < -0.39 is 0 Å². The molecule has 0 aromatic rings. The number of carbonyl (C=O) groups is 3. The van der Waals surface area contributed by atoms with Crippen molar-refractivity contribution in [2.45, 2.75) is 26.7 Å². The van der Waals surface area contributed by atoms with E-state index in [1.54, 1.807) is 6.92 Å². The van der Waals surface area contributed by atoms with Crippen LogP contribution in [0.15, 0.2) is 0 Å². The highest BCUT2D eigenvalue weighted by atomic mass is 16.5. The van der Waals surface area contributed by atoms with Crippen molar-refractivity contribution in [3.05, 3.63) is 0 Å². The summed E-state index contributed by atoms with van der Waals surface area (Å²) in [5, 5.41) is 5.37. The molecule has 7 heteroatoms. The van der Waals surface area contributed by atoms with Crippen LogP contribution in [0.3, 0.4) is 0 Å². The lowest BCUT2D eigenvalue weighted by Crippen LogP contribution is -2.44. The number of esters is 1. The van der Waals surface area contributed by atoms with Gasteiger partial charge in [0.15, 0.2) is 0 Å². The molecule has 0 saturated carbocycles. The molecule has 0 radical (unpaired) electrons. The molecule has 1 aliphatic rings. The number of carbonyl (C=O) groups excluding carboxylic acids is 3. The van der Waals surface area contributed by atoms with Crippen LogP contribution >= 0.6 is 0 Å². The van der Waals surface area contributed by atoms with Gasteiger partial charge in [0, 0.05) is 20.0 Å². The van der Waals surface area contributed by atoms with Crippen LogP contribution in [0.1, 0.15) is 26.7 Å². The third kappa shape index (κ3) is 7.08. The van der Waals surface area contributed by atoms with Crippen molar-refractivity contribution in [2.24, 2.45) is 5.92 Å². The monoisotopic (exact) mass is 299 g/mol. The third-order valence-electron chi connectivity index (χ3n) is 3.40. The van der Waals surface area contributed by atoms with Gasteiger partial charge < -0.3 is 15.4 Å². The van der Waals surface area contributed by atoms with Crippen LogP contribution in [0.4, 0.5) is 0 Å². The van der Waals surface area contributed by atoms with Gasteiger partial charge in [-0.3, -0.25) is 19.3 Å². The maximum atomic E-state index is 11.7. The Morgan fingerprint density at radius 3 is 2.33 bits per heavy atom. The molecule has 1 rings (SSSR count). The zero-order chi connectivity index (χ0) is 15.7. The quantitative estimate of drug-likeness (QED) is 0.489. The standard InChI is InChI=1S/C14H25N3O4/c1-3-21-14(20)12-4-8-17(9-5-12)10-13(19)16-7-6-15-11(2)18/h12H,3-10H2,1-2H3,(H,15,18)(H,16,19). The van der Waals surface area contributed by atoms with Crippen molar-refractivity contribution < 1.29 is 19.1 Å². The van der Waals surface area contributed by atoms with Crippen molar-refractivity contribution in [1.29, 1.82) is 0 Å². The number of nitrogens with one attached hydrogen (secondary N) is 2. The number of ether oxygens (including phenoxy) is 1. The second-order valence-corrected chi connectivity index (χ2v) is 5.14. The summed E-state index contributed by atoms with van der Waals surface area (Å²) in [6.07, 6.45) is 1.47. The van der Waals surface area contributed by atoms with Gasteiger partial charge in [0.1, 0.15) is 0 Å². The average molecular weight is 299 g/mol. The Labute approximate surface area is 125 Å². The maximum absolute atomic E-state index is 11.7. The molecule has 0 aliphatic carbocycles. The van der Waals surface area contributed by atoms with Gasteiger partial charge in [-0.1, -0.05) is 0 Å². The Bertz CT molecular complexity index is 365. The molecule has 2 amide bonds.